The number of nitrogens with one attached hydrogen (secondary N) is 1. The summed E-state index contributed by atoms with van der Waals surface area (Å²) in [5, 5.41) is 10.9. The molecule has 0 fully saturated rings. The first-order chi connectivity index (χ1) is 11.9. The first-order valence-electron chi connectivity index (χ1n) is 6.91. The largest absolute Gasteiger partial charge is 0.333 e. The number of carbonyl (C=O) groups excluding carboxylic acids is 1. The molecule has 0 aliphatic heterocycles. The van der Waals surface area contributed by atoms with E-state index in [0.29, 0.717) is 20.3 Å². The second-order valence-electron chi connectivity index (χ2n) is 4.88. The number of nitrogens with zero attached hydrogens (tertiary/aromatic N) is 5. The normalized spacial score (nSPS) is 11.1. The van der Waals surface area contributed by atoms with Crippen molar-refractivity contribution in [3.63, 3.8) is 0 Å². The molecule has 25 heavy (non-hydrogen) atoms. The predicted molar refractivity (Wildman–Crippen MR) is 87.0 cm³/mol. The molecule has 1 amide bonds. The summed E-state index contributed by atoms with van der Waals surface area (Å²) in [5.74, 6) is -0.701. The lowest BCUT2D eigenvalue weighted by molar-refractivity contribution is 0.0561. The van der Waals surface area contributed by atoms with Crippen LogP contribution in [0.1, 0.15) is 22.6 Å². The first kappa shape index (κ1) is 17.3. The molecule has 0 bridgehead atoms. The summed E-state index contributed by atoms with van der Waals surface area (Å²) in [5.41, 5.74) is 0.482. The molecule has 0 unspecified atom stereocenters. The van der Waals surface area contributed by atoms with Crippen molar-refractivity contribution in [2.45, 2.75) is 13.1 Å². The molecule has 2 heterocycles. The highest BCUT2D eigenvalue weighted by molar-refractivity contribution is 6.35. The van der Waals surface area contributed by atoms with Crippen molar-refractivity contribution < 1.29 is 13.6 Å². The number of halogens is 4. The van der Waals surface area contributed by atoms with E-state index in [0.717, 1.165) is 6.20 Å². The fourth-order valence-electron chi connectivity index (χ4n) is 2.01. The zero-order valence-electron chi connectivity index (χ0n) is 12.4. The topological polar surface area (TPSA) is 77.6 Å². The van der Waals surface area contributed by atoms with Crippen LogP contribution in [0, 0.1) is 0 Å². The third-order valence-corrected chi connectivity index (χ3v) is 3.89. The molecule has 3 rings (SSSR count). The van der Waals surface area contributed by atoms with Gasteiger partial charge in [-0.3, -0.25) is 10.1 Å². The van der Waals surface area contributed by atoms with Gasteiger partial charge in [0.2, 0.25) is 5.95 Å². The number of hydrogen-bond donors (Lipinski definition) is 1. The lowest BCUT2D eigenvalue weighted by Crippen LogP contribution is -2.15. The van der Waals surface area contributed by atoms with Crippen LogP contribution in [0.4, 0.5) is 14.7 Å². The van der Waals surface area contributed by atoms with Crippen molar-refractivity contribution in [1.29, 1.82) is 0 Å². The molecule has 0 aliphatic rings. The van der Waals surface area contributed by atoms with Crippen molar-refractivity contribution in [3.8, 4) is 0 Å². The van der Waals surface area contributed by atoms with Crippen molar-refractivity contribution >= 4 is 35.1 Å². The van der Waals surface area contributed by atoms with E-state index in [1.165, 1.54) is 17.1 Å². The van der Waals surface area contributed by atoms with Crippen molar-refractivity contribution in [3.05, 3.63) is 58.1 Å². The molecule has 11 heteroatoms. The Labute approximate surface area is 150 Å². The van der Waals surface area contributed by atoms with Crippen LogP contribution in [0.15, 0.2) is 36.8 Å². The van der Waals surface area contributed by atoms with E-state index in [1.54, 1.807) is 18.2 Å². The number of rotatable bonds is 5. The van der Waals surface area contributed by atoms with Crippen LogP contribution in [-0.2, 0) is 6.54 Å². The second-order valence-corrected chi connectivity index (χ2v) is 5.69. The van der Waals surface area contributed by atoms with Gasteiger partial charge in [-0.25, -0.2) is 14.3 Å². The summed E-state index contributed by atoms with van der Waals surface area (Å²) < 4.78 is 26.7. The summed E-state index contributed by atoms with van der Waals surface area (Å²) in [4.78, 5) is 15.9. The summed E-state index contributed by atoms with van der Waals surface area (Å²) in [6.07, 6.45) is 2.39. The Hall–Kier alpha value is -2.52. The van der Waals surface area contributed by atoms with E-state index in [4.69, 9.17) is 23.2 Å². The average molecular weight is 387 g/mol. The minimum absolute atomic E-state index is 0.000210. The minimum Gasteiger partial charge on any atom is -0.288 e. The van der Waals surface area contributed by atoms with E-state index < -0.39 is 12.5 Å². The third-order valence-electron chi connectivity index (χ3n) is 3.18. The van der Waals surface area contributed by atoms with Crippen molar-refractivity contribution in [2.24, 2.45) is 0 Å². The minimum atomic E-state index is -2.82. The van der Waals surface area contributed by atoms with Gasteiger partial charge in [-0.15, -0.1) is 5.10 Å². The maximum absolute atomic E-state index is 12.5. The van der Waals surface area contributed by atoms with E-state index >= 15 is 0 Å². The van der Waals surface area contributed by atoms with Gasteiger partial charge in [0.15, 0.2) is 5.69 Å². The van der Waals surface area contributed by atoms with Crippen LogP contribution in [0.5, 0.6) is 0 Å². The van der Waals surface area contributed by atoms with E-state index in [-0.39, 0.29) is 18.2 Å². The van der Waals surface area contributed by atoms with Gasteiger partial charge in [0.1, 0.15) is 6.33 Å². The van der Waals surface area contributed by atoms with Crippen molar-refractivity contribution in [2.75, 3.05) is 5.32 Å². The Morgan fingerprint density at radius 3 is 2.56 bits per heavy atom. The SMILES string of the molecule is O=C(Nc1ncn(Cc2c(Cl)cccc2Cl)n1)c1ccn(C(F)F)n1. The van der Waals surface area contributed by atoms with E-state index in [2.05, 4.69) is 20.5 Å². The average Bonchev–Trinajstić information content (AvgIpc) is 3.20. The fraction of sp³-hybridized carbons (Fsp3) is 0.143. The number of amides is 1. The highest BCUT2D eigenvalue weighted by atomic mass is 35.5. The van der Waals surface area contributed by atoms with Crippen LogP contribution in [-0.4, -0.2) is 30.5 Å². The van der Waals surface area contributed by atoms with E-state index in [1.807, 2.05) is 0 Å². The molecule has 3 aromatic rings. The molecule has 130 valence electrons. The molecular weight excluding hydrogens is 377 g/mol. The Morgan fingerprint density at radius 1 is 1.20 bits per heavy atom. The van der Waals surface area contributed by atoms with Gasteiger partial charge >= 0.3 is 6.55 Å². The highest BCUT2D eigenvalue weighted by Crippen LogP contribution is 2.24. The number of carbonyl (C=O) groups is 1. The highest BCUT2D eigenvalue weighted by Gasteiger charge is 2.15. The van der Waals surface area contributed by atoms with Gasteiger partial charge in [-0.2, -0.15) is 13.9 Å². The fourth-order valence-corrected chi connectivity index (χ4v) is 2.52. The maximum atomic E-state index is 12.5. The molecule has 0 atom stereocenters. The quantitative estimate of drug-likeness (QED) is 0.727. The Balaban J connectivity index is 1.70. The zero-order valence-corrected chi connectivity index (χ0v) is 13.9. The molecule has 0 spiro atoms. The van der Waals surface area contributed by atoms with Crippen LogP contribution in [0.3, 0.4) is 0 Å². The molecule has 1 N–H and O–H groups in total. The Morgan fingerprint density at radius 2 is 1.92 bits per heavy atom. The lowest BCUT2D eigenvalue weighted by Gasteiger charge is -2.06. The van der Waals surface area contributed by atoms with Gasteiger partial charge in [-0.1, -0.05) is 29.3 Å². The number of hydrogen-bond acceptors (Lipinski definition) is 4. The molecule has 0 radical (unpaired) electrons. The number of aromatic nitrogens is 5. The number of anilines is 1. The lowest BCUT2D eigenvalue weighted by atomic mass is 10.2. The van der Waals surface area contributed by atoms with Gasteiger partial charge < -0.3 is 0 Å². The summed E-state index contributed by atoms with van der Waals surface area (Å²) in [6, 6.07) is 6.28. The van der Waals surface area contributed by atoms with Crippen LogP contribution in [0.2, 0.25) is 10.0 Å². The molecule has 0 saturated carbocycles. The zero-order chi connectivity index (χ0) is 18.0. The summed E-state index contributed by atoms with van der Waals surface area (Å²) >= 11 is 12.2. The second kappa shape index (κ2) is 7.16. The van der Waals surface area contributed by atoms with Gasteiger partial charge in [0.05, 0.1) is 6.54 Å². The first-order valence-corrected chi connectivity index (χ1v) is 7.66. The van der Waals surface area contributed by atoms with Gasteiger partial charge in [0, 0.05) is 21.8 Å². The predicted octanol–water partition coefficient (Wildman–Crippen LogP) is 3.48. The van der Waals surface area contributed by atoms with Crippen LogP contribution < -0.4 is 5.32 Å². The third kappa shape index (κ3) is 3.94. The van der Waals surface area contributed by atoms with Crippen LogP contribution >= 0.6 is 23.2 Å². The summed E-state index contributed by atoms with van der Waals surface area (Å²) in [6.45, 7) is -2.57. The smallest absolute Gasteiger partial charge is 0.288 e. The standard InChI is InChI=1S/C14H10Cl2F2N6O/c15-9-2-1-3-10(16)8(9)6-23-7-19-14(22-23)20-12(25)11-4-5-24(21-11)13(17)18/h1-5,7,13H,6H2,(H,20,22,25). The maximum Gasteiger partial charge on any atom is 0.333 e. The molecule has 0 aliphatic carbocycles. The Bertz CT molecular complexity index is 890. The monoisotopic (exact) mass is 386 g/mol. The van der Waals surface area contributed by atoms with Gasteiger partial charge in [-0.05, 0) is 18.2 Å². The molecule has 1 aromatic carbocycles. The van der Waals surface area contributed by atoms with Crippen LogP contribution in [0.25, 0.3) is 0 Å². The number of alkyl halides is 2. The molecule has 2 aromatic heterocycles. The summed E-state index contributed by atoms with van der Waals surface area (Å²) in [7, 11) is 0. The molecule has 7 nitrogen and oxygen atoms in total. The molecular formula is C14H10Cl2F2N6O. The van der Waals surface area contributed by atoms with Gasteiger partial charge in [0.25, 0.3) is 5.91 Å². The Kier molecular flexibility index (Phi) is 4.95. The molecule has 0 saturated heterocycles. The van der Waals surface area contributed by atoms with Crippen molar-refractivity contribution in [1.82, 2.24) is 24.5 Å². The van der Waals surface area contributed by atoms with E-state index in [9.17, 15) is 13.6 Å². The number of benzene rings is 1.